The Hall–Kier alpha value is -1.36. The summed E-state index contributed by atoms with van der Waals surface area (Å²) in [5.74, 6) is 1.04. The van der Waals surface area contributed by atoms with Crippen molar-refractivity contribution in [2.24, 2.45) is 5.92 Å². The Morgan fingerprint density at radius 2 is 2.10 bits per heavy atom. The number of carbonyl (C=O) groups is 1. The molecule has 21 heavy (non-hydrogen) atoms. The normalized spacial score (nSPS) is 23.8. The van der Waals surface area contributed by atoms with Gasteiger partial charge >= 0.3 is 0 Å². The van der Waals surface area contributed by atoms with Crippen molar-refractivity contribution >= 4 is 5.91 Å². The number of amides is 1. The fourth-order valence-corrected chi connectivity index (χ4v) is 2.59. The Labute approximate surface area is 127 Å². The van der Waals surface area contributed by atoms with E-state index in [1.165, 1.54) is 0 Å². The third kappa shape index (κ3) is 3.64. The highest BCUT2D eigenvalue weighted by Gasteiger charge is 2.32. The van der Waals surface area contributed by atoms with Crippen molar-refractivity contribution < 1.29 is 9.32 Å². The minimum atomic E-state index is -0.142. The van der Waals surface area contributed by atoms with E-state index in [9.17, 15) is 4.79 Å². The summed E-state index contributed by atoms with van der Waals surface area (Å²) in [7, 11) is 0. The standard InChI is InChI=1S/C16H27N3O2/c1-10(2)19-8-11(3)13(9-19)17-15(20)12-7-14(21-18-12)16(4,5)6/h7,10-11,13H,8-9H2,1-6H3,(H,17,20)/t11-,13+/m0/s1. The Bertz CT molecular complexity index is 502. The highest BCUT2D eigenvalue weighted by atomic mass is 16.5. The molecule has 1 amide bonds. The third-order valence-electron chi connectivity index (χ3n) is 4.17. The summed E-state index contributed by atoms with van der Waals surface area (Å²) in [6, 6.07) is 2.43. The zero-order chi connectivity index (χ0) is 15.8. The van der Waals surface area contributed by atoms with E-state index in [-0.39, 0.29) is 17.4 Å². The number of nitrogens with zero attached hydrogens (tertiary/aromatic N) is 2. The molecule has 1 N–H and O–H groups in total. The second kappa shape index (κ2) is 5.79. The highest BCUT2D eigenvalue weighted by molar-refractivity contribution is 5.92. The fourth-order valence-electron chi connectivity index (χ4n) is 2.59. The smallest absolute Gasteiger partial charge is 0.273 e. The van der Waals surface area contributed by atoms with Gasteiger partial charge in [0.2, 0.25) is 0 Å². The molecule has 2 atom stereocenters. The lowest BCUT2D eigenvalue weighted by Crippen LogP contribution is -2.40. The molecule has 1 fully saturated rings. The van der Waals surface area contributed by atoms with Gasteiger partial charge in [-0.05, 0) is 19.8 Å². The average Bonchev–Trinajstić information content (AvgIpc) is 2.96. The van der Waals surface area contributed by atoms with E-state index in [0.29, 0.717) is 17.7 Å². The van der Waals surface area contributed by atoms with Gasteiger partial charge in [-0.3, -0.25) is 9.69 Å². The maximum absolute atomic E-state index is 12.3. The molecular formula is C16H27N3O2. The average molecular weight is 293 g/mol. The summed E-state index contributed by atoms with van der Waals surface area (Å²) >= 11 is 0. The lowest BCUT2D eigenvalue weighted by molar-refractivity contribution is 0.0921. The maximum Gasteiger partial charge on any atom is 0.273 e. The molecule has 2 heterocycles. The number of hydrogen-bond donors (Lipinski definition) is 1. The SMILES string of the molecule is CC(C)N1C[C@H](C)[C@H](NC(=O)c2cc(C(C)(C)C)on2)C1. The molecular weight excluding hydrogens is 266 g/mol. The van der Waals surface area contributed by atoms with E-state index in [0.717, 1.165) is 18.8 Å². The molecule has 1 aliphatic heterocycles. The van der Waals surface area contributed by atoms with Gasteiger partial charge in [0.05, 0.1) is 0 Å². The van der Waals surface area contributed by atoms with Crippen LogP contribution in [0.25, 0.3) is 0 Å². The number of carbonyl (C=O) groups excluding carboxylic acids is 1. The molecule has 118 valence electrons. The molecule has 0 radical (unpaired) electrons. The van der Waals surface area contributed by atoms with E-state index in [1.54, 1.807) is 6.07 Å². The Morgan fingerprint density at radius 3 is 2.57 bits per heavy atom. The largest absolute Gasteiger partial charge is 0.360 e. The second-order valence-electron chi connectivity index (χ2n) is 7.43. The Morgan fingerprint density at radius 1 is 1.43 bits per heavy atom. The summed E-state index contributed by atoms with van der Waals surface area (Å²) in [6.45, 7) is 14.6. The van der Waals surface area contributed by atoms with Crippen LogP contribution in [0.5, 0.6) is 0 Å². The molecule has 1 aromatic heterocycles. The van der Waals surface area contributed by atoms with E-state index >= 15 is 0 Å². The molecule has 5 nitrogen and oxygen atoms in total. The van der Waals surface area contributed by atoms with Gasteiger partial charge in [0.15, 0.2) is 5.69 Å². The van der Waals surface area contributed by atoms with Gasteiger partial charge in [-0.2, -0.15) is 0 Å². The molecule has 0 spiro atoms. The number of likely N-dealkylation sites (tertiary alicyclic amines) is 1. The van der Waals surface area contributed by atoms with Crippen molar-refractivity contribution in [1.29, 1.82) is 0 Å². The predicted octanol–water partition coefficient (Wildman–Crippen LogP) is 2.43. The molecule has 2 rings (SSSR count). The van der Waals surface area contributed by atoms with Crippen LogP contribution in [-0.4, -0.2) is 41.1 Å². The first-order valence-corrected chi connectivity index (χ1v) is 7.70. The van der Waals surface area contributed by atoms with E-state index in [1.807, 2.05) is 20.8 Å². The second-order valence-corrected chi connectivity index (χ2v) is 7.43. The molecule has 0 aliphatic carbocycles. The minimum absolute atomic E-state index is 0.138. The van der Waals surface area contributed by atoms with E-state index < -0.39 is 0 Å². The monoisotopic (exact) mass is 293 g/mol. The summed E-state index contributed by atoms with van der Waals surface area (Å²) in [5, 5.41) is 6.99. The topological polar surface area (TPSA) is 58.4 Å². The molecule has 0 saturated carbocycles. The van der Waals surface area contributed by atoms with Crippen LogP contribution in [-0.2, 0) is 5.41 Å². The fraction of sp³-hybridized carbons (Fsp3) is 0.750. The lowest BCUT2D eigenvalue weighted by Gasteiger charge is -2.20. The van der Waals surface area contributed by atoms with Gasteiger partial charge in [0, 0.05) is 36.7 Å². The minimum Gasteiger partial charge on any atom is -0.360 e. The predicted molar refractivity (Wildman–Crippen MR) is 82.3 cm³/mol. The first-order chi connectivity index (χ1) is 9.68. The first kappa shape index (κ1) is 16.0. The first-order valence-electron chi connectivity index (χ1n) is 7.70. The van der Waals surface area contributed by atoms with Crippen molar-refractivity contribution in [3.63, 3.8) is 0 Å². The van der Waals surface area contributed by atoms with Crippen LogP contribution < -0.4 is 5.32 Å². The maximum atomic E-state index is 12.3. The summed E-state index contributed by atoms with van der Waals surface area (Å²) in [6.07, 6.45) is 0. The van der Waals surface area contributed by atoms with Crippen LogP contribution in [0.15, 0.2) is 10.6 Å². The lowest BCUT2D eigenvalue weighted by atomic mass is 9.93. The molecule has 1 saturated heterocycles. The van der Waals surface area contributed by atoms with Crippen molar-refractivity contribution in [1.82, 2.24) is 15.4 Å². The Kier molecular flexibility index (Phi) is 4.42. The van der Waals surface area contributed by atoms with Crippen LogP contribution in [0.4, 0.5) is 0 Å². The van der Waals surface area contributed by atoms with Gasteiger partial charge in [0.25, 0.3) is 5.91 Å². The quantitative estimate of drug-likeness (QED) is 0.930. The number of hydrogen-bond acceptors (Lipinski definition) is 4. The van der Waals surface area contributed by atoms with Gasteiger partial charge in [-0.1, -0.05) is 32.9 Å². The van der Waals surface area contributed by atoms with Crippen molar-refractivity contribution in [3.05, 3.63) is 17.5 Å². The number of nitrogens with one attached hydrogen (secondary N) is 1. The number of aromatic nitrogens is 1. The molecule has 5 heteroatoms. The summed E-state index contributed by atoms with van der Waals surface area (Å²) in [5.41, 5.74) is 0.232. The highest BCUT2D eigenvalue weighted by Crippen LogP contribution is 2.23. The van der Waals surface area contributed by atoms with Gasteiger partial charge in [0.1, 0.15) is 5.76 Å². The zero-order valence-electron chi connectivity index (χ0n) is 13.9. The van der Waals surface area contributed by atoms with E-state index in [2.05, 4.69) is 36.1 Å². The third-order valence-corrected chi connectivity index (χ3v) is 4.17. The van der Waals surface area contributed by atoms with Crippen molar-refractivity contribution in [2.45, 2.75) is 59.0 Å². The summed E-state index contributed by atoms with van der Waals surface area (Å²) in [4.78, 5) is 14.7. The van der Waals surface area contributed by atoms with Gasteiger partial charge in [-0.15, -0.1) is 0 Å². The van der Waals surface area contributed by atoms with Crippen LogP contribution >= 0.6 is 0 Å². The van der Waals surface area contributed by atoms with E-state index in [4.69, 9.17) is 4.52 Å². The van der Waals surface area contributed by atoms with Crippen molar-refractivity contribution in [2.75, 3.05) is 13.1 Å². The Balaban J connectivity index is 2.00. The van der Waals surface area contributed by atoms with Crippen LogP contribution in [0.1, 0.15) is 57.8 Å². The molecule has 0 bridgehead atoms. The zero-order valence-corrected chi connectivity index (χ0v) is 13.9. The molecule has 1 aliphatic rings. The molecule has 0 unspecified atom stereocenters. The van der Waals surface area contributed by atoms with Crippen molar-refractivity contribution in [3.8, 4) is 0 Å². The van der Waals surface area contributed by atoms with Crippen LogP contribution in [0, 0.1) is 5.92 Å². The molecule has 0 aromatic carbocycles. The van der Waals surface area contributed by atoms with Crippen LogP contribution in [0.3, 0.4) is 0 Å². The molecule has 1 aromatic rings. The summed E-state index contributed by atoms with van der Waals surface area (Å²) < 4.78 is 5.28. The van der Waals surface area contributed by atoms with Crippen LogP contribution in [0.2, 0.25) is 0 Å². The van der Waals surface area contributed by atoms with Gasteiger partial charge < -0.3 is 9.84 Å². The number of rotatable bonds is 3. The van der Waals surface area contributed by atoms with Gasteiger partial charge in [-0.25, -0.2) is 0 Å².